The fourth-order valence-electron chi connectivity index (χ4n) is 3.04. The normalized spacial score (nSPS) is 30.7. The van der Waals surface area contributed by atoms with Gasteiger partial charge in [-0.1, -0.05) is 0 Å². The average Bonchev–Trinajstić information content (AvgIpc) is 3.05. The average molecular weight is 234 g/mol. The molecule has 1 aliphatic heterocycles. The molecule has 94 valence electrons. The largest absolute Gasteiger partial charge is 0.309 e. The molecule has 0 bridgehead atoms. The lowest BCUT2D eigenvalue weighted by Crippen LogP contribution is -2.59. The molecule has 0 aromatic carbocycles. The van der Waals surface area contributed by atoms with Crippen LogP contribution in [0.15, 0.2) is 12.4 Å². The number of rotatable bonds is 3. The zero-order chi connectivity index (χ0) is 11.9. The molecule has 1 atom stereocenters. The molecule has 4 nitrogen and oxygen atoms in total. The SMILES string of the molecule is Cn1cc(CN2CCNC(C)(C3CC3)C2)cn1. The minimum atomic E-state index is 0.348. The van der Waals surface area contributed by atoms with E-state index in [4.69, 9.17) is 0 Å². The number of nitrogens with zero attached hydrogens (tertiary/aromatic N) is 3. The van der Waals surface area contributed by atoms with Crippen molar-refractivity contribution < 1.29 is 0 Å². The summed E-state index contributed by atoms with van der Waals surface area (Å²) in [6, 6.07) is 0. The van der Waals surface area contributed by atoms with Gasteiger partial charge in [0.2, 0.25) is 0 Å². The lowest BCUT2D eigenvalue weighted by molar-refractivity contribution is 0.121. The Kier molecular flexibility index (Phi) is 2.71. The van der Waals surface area contributed by atoms with E-state index in [1.807, 2.05) is 17.9 Å². The second kappa shape index (κ2) is 4.10. The summed E-state index contributed by atoms with van der Waals surface area (Å²) in [6.45, 7) is 6.87. The van der Waals surface area contributed by atoms with E-state index in [-0.39, 0.29) is 0 Å². The van der Waals surface area contributed by atoms with Crippen molar-refractivity contribution in [3.8, 4) is 0 Å². The van der Waals surface area contributed by atoms with Crippen molar-refractivity contribution >= 4 is 0 Å². The minimum absolute atomic E-state index is 0.348. The van der Waals surface area contributed by atoms with Crippen LogP contribution in [0.5, 0.6) is 0 Å². The highest BCUT2D eigenvalue weighted by Gasteiger charge is 2.43. The van der Waals surface area contributed by atoms with Crippen LogP contribution in [0, 0.1) is 5.92 Å². The molecule has 2 fully saturated rings. The van der Waals surface area contributed by atoms with Gasteiger partial charge in [0.15, 0.2) is 0 Å². The highest BCUT2D eigenvalue weighted by molar-refractivity contribution is 5.06. The van der Waals surface area contributed by atoms with E-state index >= 15 is 0 Å². The first kappa shape index (κ1) is 11.2. The number of nitrogens with one attached hydrogen (secondary N) is 1. The second-order valence-corrected chi connectivity index (χ2v) is 5.85. The van der Waals surface area contributed by atoms with Crippen molar-refractivity contribution in [3.63, 3.8) is 0 Å². The summed E-state index contributed by atoms with van der Waals surface area (Å²) in [4.78, 5) is 2.56. The highest BCUT2D eigenvalue weighted by atomic mass is 15.3. The van der Waals surface area contributed by atoms with Gasteiger partial charge in [-0.05, 0) is 25.7 Å². The van der Waals surface area contributed by atoms with Gasteiger partial charge in [-0.3, -0.25) is 9.58 Å². The molecule has 3 rings (SSSR count). The van der Waals surface area contributed by atoms with Crippen LogP contribution in [-0.2, 0) is 13.6 Å². The molecule has 2 heterocycles. The summed E-state index contributed by atoms with van der Waals surface area (Å²) in [5.41, 5.74) is 1.67. The molecule has 2 aliphatic rings. The van der Waals surface area contributed by atoms with Crippen LogP contribution in [-0.4, -0.2) is 39.9 Å². The molecule has 1 N–H and O–H groups in total. The van der Waals surface area contributed by atoms with E-state index in [0.29, 0.717) is 5.54 Å². The van der Waals surface area contributed by atoms with Gasteiger partial charge in [-0.2, -0.15) is 5.10 Å². The zero-order valence-corrected chi connectivity index (χ0v) is 10.8. The van der Waals surface area contributed by atoms with Gasteiger partial charge in [-0.25, -0.2) is 0 Å². The van der Waals surface area contributed by atoms with Crippen molar-refractivity contribution in [2.45, 2.75) is 31.8 Å². The first-order valence-electron chi connectivity index (χ1n) is 6.61. The molecule has 1 aliphatic carbocycles. The quantitative estimate of drug-likeness (QED) is 0.847. The predicted molar refractivity (Wildman–Crippen MR) is 67.6 cm³/mol. The third-order valence-corrected chi connectivity index (χ3v) is 4.15. The topological polar surface area (TPSA) is 33.1 Å². The molecular weight excluding hydrogens is 212 g/mol. The molecule has 4 heteroatoms. The molecule has 1 unspecified atom stereocenters. The smallest absolute Gasteiger partial charge is 0.0534 e. The summed E-state index contributed by atoms with van der Waals surface area (Å²) in [7, 11) is 1.98. The Morgan fingerprint density at radius 2 is 2.35 bits per heavy atom. The summed E-state index contributed by atoms with van der Waals surface area (Å²) in [5, 5.41) is 7.96. The molecule has 17 heavy (non-hydrogen) atoms. The summed E-state index contributed by atoms with van der Waals surface area (Å²) in [5.74, 6) is 0.902. The molecule has 0 amide bonds. The summed E-state index contributed by atoms with van der Waals surface area (Å²) in [6.07, 6.45) is 6.92. The Hall–Kier alpha value is -0.870. The van der Waals surface area contributed by atoms with Crippen LogP contribution in [0.4, 0.5) is 0 Å². The van der Waals surface area contributed by atoms with Crippen molar-refractivity contribution in [2.24, 2.45) is 13.0 Å². The van der Waals surface area contributed by atoms with Crippen LogP contribution >= 0.6 is 0 Å². The molecule has 0 spiro atoms. The number of piperazine rings is 1. The maximum atomic E-state index is 4.24. The molecule has 1 saturated carbocycles. The van der Waals surface area contributed by atoms with Gasteiger partial charge in [0.25, 0.3) is 0 Å². The van der Waals surface area contributed by atoms with Crippen molar-refractivity contribution in [2.75, 3.05) is 19.6 Å². The van der Waals surface area contributed by atoms with Gasteiger partial charge in [0, 0.05) is 50.5 Å². The van der Waals surface area contributed by atoms with Gasteiger partial charge in [0.05, 0.1) is 6.20 Å². The van der Waals surface area contributed by atoms with Crippen LogP contribution in [0.3, 0.4) is 0 Å². The van der Waals surface area contributed by atoms with Crippen LogP contribution in [0.2, 0.25) is 0 Å². The molecule has 1 aromatic rings. The first-order chi connectivity index (χ1) is 8.16. The van der Waals surface area contributed by atoms with Gasteiger partial charge >= 0.3 is 0 Å². The monoisotopic (exact) mass is 234 g/mol. The van der Waals surface area contributed by atoms with E-state index < -0.39 is 0 Å². The van der Waals surface area contributed by atoms with Crippen molar-refractivity contribution in [3.05, 3.63) is 18.0 Å². The Morgan fingerprint density at radius 1 is 1.53 bits per heavy atom. The number of aryl methyl sites for hydroxylation is 1. The van der Waals surface area contributed by atoms with E-state index in [1.54, 1.807) is 0 Å². The van der Waals surface area contributed by atoms with Gasteiger partial charge in [0.1, 0.15) is 0 Å². The highest BCUT2D eigenvalue weighted by Crippen LogP contribution is 2.40. The molecule has 0 radical (unpaired) electrons. The Labute approximate surface area is 103 Å². The summed E-state index contributed by atoms with van der Waals surface area (Å²) < 4.78 is 1.89. The standard InChI is InChI=1S/C13H22N4/c1-13(12-3-4-12)10-17(6-5-14-13)9-11-7-15-16(2)8-11/h7-8,12,14H,3-6,9-10H2,1-2H3. The van der Waals surface area contributed by atoms with Gasteiger partial charge < -0.3 is 5.32 Å². The third-order valence-electron chi connectivity index (χ3n) is 4.15. The second-order valence-electron chi connectivity index (χ2n) is 5.85. The minimum Gasteiger partial charge on any atom is -0.309 e. The number of aromatic nitrogens is 2. The predicted octanol–water partition coefficient (Wildman–Crippen LogP) is 0.994. The van der Waals surface area contributed by atoms with E-state index in [2.05, 4.69) is 28.4 Å². The molecular formula is C13H22N4. The van der Waals surface area contributed by atoms with Crippen LogP contribution in [0.25, 0.3) is 0 Å². The van der Waals surface area contributed by atoms with E-state index in [0.717, 1.165) is 25.6 Å². The van der Waals surface area contributed by atoms with Crippen molar-refractivity contribution in [1.29, 1.82) is 0 Å². The lowest BCUT2D eigenvalue weighted by Gasteiger charge is -2.42. The lowest BCUT2D eigenvalue weighted by atomic mass is 9.93. The number of hydrogen-bond acceptors (Lipinski definition) is 3. The van der Waals surface area contributed by atoms with E-state index in [1.165, 1.54) is 24.9 Å². The fourth-order valence-corrected chi connectivity index (χ4v) is 3.04. The van der Waals surface area contributed by atoms with E-state index in [9.17, 15) is 0 Å². The molecule has 1 aromatic heterocycles. The Balaban J connectivity index is 1.63. The molecule has 1 saturated heterocycles. The third kappa shape index (κ3) is 2.38. The van der Waals surface area contributed by atoms with Crippen molar-refractivity contribution in [1.82, 2.24) is 20.0 Å². The Bertz CT molecular complexity index is 396. The fraction of sp³-hybridized carbons (Fsp3) is 0.769. The van der Waals surface area contributed by atoms with Gasteiger partial charge in [-0.15, -0.1) is 0 Å². The van der Waals surface area contributed by atoms with Crippen LogP contribution < -0.4 is 5.32 Å². The van der Waals surface area contributed by atoms with Crippen LogP contribution in [0.1, 0.15) is 25.3 Å². The zero-order valence-electron chi connectivity index (χ0n) is 10.8. The summed E-state index contributed by atoms with van der Waals surface area (Å²) >= 11 is 0. The maximum absolute atomic E-state index is 4.24. The first-order valence-corrected chi connectivity index (χ1v) is 6.61. The maximum Gasteiger partial charge on any atom is 0.0534 e. The Morgan fingerprint density at radius 3 is 3.00 bits per heavy atom. The number of hydrogen-bond donors (Lipinski definition) is 1.